The molecule has 0 saturated heterocycles. The maximum Gasteiger partial charge on any atom is 0.312 e. The predicted octanol–water partition coefficient (Wildman–Crippen LogP) is 4.58. The van der Waals surface area contributed by atoms with Crippen LogP contribution in [-0.2, 0) is 14.6 Å². The largest absolute Gasteiger partial charge is 0.406 e. The lowest BCUT2D eigenvalue weighted by Gasteiger charge is -2.13. The van der Waals surface area contributed by atoms with Gasteiger partial charge in [0.1, 0.15) is 0 Å². The van der Waals surface area contributed by atoms with Crippen LogP contribution in [0.3, 0.4) is 0 Å². The van der Waals surface area contributed by atoms with E-state index in [9.17, 15) is 13.2 Å². The summed E-state index contributed by atoms with van der Waals surface area (Å²) in [5.41, 5.74) is 2.88. The molecule has 7 heteroatoms. The minimum Gasteiger partial charge on any atom is -0.406 e. The van der Waals surface area contributed by atoms with E-state index in [1.165, 1.54) is 16.8 Å². The molecule has 3 aromatic rings. The third-order valence-corrected chi connectivity index (χ3v) is 6.55. The minimum atomic E-state index is -3.94. The van der Waals surface area contributed by atoms with Gasteiger partial charge in [-0.05, 0) is 50.5 Å². The summed E-state index contributed by atoms with van der Waals surface area (Å²) in [4.78, 5) is 12.5. The maximum absolute atomic E-state index is 13.4. The first-order valence-corrected chi connectivity index (χ1v) is 11.3. The number of carbonyl (C=O) groups is 1. The molecule has 0 fully saturated rings. The van der Waals surface area contributed by atoms with Gasteiger partial charge in [0.25, 0.3) is 0 Å². The third kappa shape index (κ3) is 4.31. The number of carbonyl (C=O) groups excluding carboxylic acids is 1. The molecule has 3 rings (SSSR count). The molecule has 2 aromatic carbocycles. The van der Waals surface area contributed by atoms with Gasteiger partial charge in [0.2, 0.25) is 15.7 Å². The van der Waals surface area contributed by atoms with Gasteiger partial charge >= 0.3 is 5.97 Å². The normalized spacial score (nSPS) is 11.7. The van der Waals surface area contributed by atoms with Crippen LogP contribution in [-0.4, -0.2) is 24.2 Å². The van der Waals surface area contributed by atoms with E-state index < -0.39 is 15.8 Å². The number of rotatable bonds is 6. The Morgan fingerprint density at radius 3 is 2.33 bits per heavy atom. The molecule has 0 aliphatic rings. The SMILES string of the molecule is Cc1ccc(-n2nc(C)c(S(=O)(=O)c3ccccc3)c2OC(=O)CC(C)C)c(C)c1. The van der Waals surface area contributed by atoms with Crippen molar-refractivity contribution >= 4 is 15.8 Å². The van der Waals surface area contributed by atoms with E-state index in [0.717, 1.165) is 11.1 Å². The number of nitrogens with zero attached hydrogens (tertiary/aromatic N) is 2. The summed E-state index contributed by atoms with van der Waals surface area (Å²) >= 11 is 0. The van der Waals surface area contributed by atoms with E-state index in [-0.39, 0.29) is 33.7 Å². The number of aryl methyl sites for hydroxylation is 3. The second-order valence-electron chi connectivity index (χ2n) is 7.81. The number of aromatic nitrogens is 2. The molecule has 6 nitrogen and oxygen atoms in total. The van der Waals surface area contributed by atoms with Crippen LogP contribution in [0.25, 0.3) is 5.69 Å². The number of esters is 1. The smallest absolute Gasteiger partial charge is 0.312 e. The standard InChI is InChI=1S/C23H26N2O4S/c1-15(2)13-21(26)29-23-22(30(27,28)19-9-7-6-8-10-19)18(5)24-25(23)20-12-11-16(3)14-17(20)4/h6-12,14-15H,13H2,1-5H3. The van der Waals surface area contributed by atoms with Crippen LogP contribution in [0, 0.1) is 26.7 Å². The van der Waals surface area contributed by atoms with Gasteiger partial charge in [0, 0.05) is 6.42 Å². The van der Waals surface area contributed by atoms with Gasteiger partial charge in [0.15, 0.2) is 4.90 Å². The lowest BCUT2D eigenvalue weighted by Crippen LogP contribution is -2.16. The van der Waals surface area contributed by atoms with Crippen molar-refractivity contribution in [2.75, 3.05) is 0 Å². The van der Waals surface area contributed by atoms with E-state index in [0.29, 0.717) is 5.69 Å². The van der Waals surface area contributed by atoms with Crippen molar-refractivity contribution in [1.82, 2.24) is 9.78 Å². The highest BCUT2D eigenvalue weighted by Gasteiger charge is 2.32. The van der Waals surface area contributed by atoms with Crippen molar-refractivity contribution in [2.24, 2.45) is 5.92 Å². The maximum atomic E-state index is 13.4. The molecule has 0 N–H and O–H groups in total. The summed E-state index contributed by atoms with van der Waals surface area (Å²) in [5, 5.41) is 4.46. The second-order valence-corrected chi connectivity index (χ2v) is 9.70. The van der Waals surface area contributed by atoms with Gasteiger partial charge in [-0.3, -0.25) is 4.79 Å². The second kappa shape index (κ2) is 8.44. The molecule has 30 heavy (non-hydrogen) atoms. The number of ether oxygens (including phenoxy) is 1. The first-order chi connectivity index (χ1) is 14.1. The van der Waals surface area contributed by atoms with E-state index in [1.54, 1.807) is 25.1 Å². The zero-order chi connectivity index (χ0) is 22.1. The summed E-state index contributed by atoms with van der Waals surface area (Å²) in [6.45, 7) is 9.28. The Bertz CT molecular complexity index is 1180. The fourth-order valence-electron chi connectivity index (χ4n) is 3.30. The third-order valence-electron chi connectivity index (χ3n) is 4.65. The molecule has 1 aromatic heterocycles. The van der Waals surface area contributed by atoms with Crippen LogP contribution in [0.2, 0.25) is 0 Å². The van der Waals surface area contributed by atoms with Crippen LogP contribution in [0.1, 0.15) is 37.1 Å². The Morgan fingerprint density at radius 1 is 1.07 bits per heavy atom. The number of sulfone groups is 1. The van der Waals surface area contributed by atoms with Crippen molar-refractivity contribution < 1.29 is 17.9 Å². The van der Waals surface area contributed by atoms with Crippen molar-refractivity contribution in [3.8, 4) is 11.6 Å². The fraction of sp³-hybridized carbons (Fsp3) is 0.304. The topological polar surface area (TPSA) is 78.3 Å². The molecular formula is C23H26N2O4S. The molecule has 0 spiro atoms. The van der Waals surface area contributed by atoms with Crippen molar-refractivity contribution in [1.29, 1.82) is 0 Å². The van der Waals surface area contributed by atoms with Gasteiger partial charge in [0.05, 0.1) is 16.3 Å². The van der Waals surface area contributed by atoms with E-state index in [1.807, 2.05) is 45.9 Å². The molecule has 0 bridgehead atoms. The highest BCUT2D eigenvalue weighted by atomic mass is 32.2. The molecule has 0 aliphatic heterocycles. The number of hydrogen-bond donors (Lipinski definition) is 0. The van der Waals surface area contributed by atoms with Crippen LogP contribution >= 0.6 is 0 Å². The zero-order valence-corrected chi connectivity index (χ0v) is 18.7. The van der Waals surface area contributed by atoms with Gasteiger partial charge < -0.3 is 4.74 Å². The Balaban J connectivity index is 2.24. The monoisotopic (exact) mass is 426 g/mol. The van der Waals surface area contributed by atoms with Crippen LogP contribution < -0.4 is 4.74 Å². The van der Waals surface area contributed by atoms with Crippen LogP contribution in [0.4, 0.5) is 0 Å². The fourth-order valence-corrected chi connectivity index (χ4v) is 4.84. The Kier molecular flexibility index (Phi) is 6.12. The molecule has 0 atom stereocenters. The molecule has 0 aliphatic carbocycles. The molecule has 0 radical (unpaired) electrons. The Morgan fingerprint density at radius 2 is 1.73 bits per heavy atom. The lowest BCUT2D eigenvalue weighted by molar-refractivity contribution is -0.135. The average Bonchev–Trinajstić information content (AvgIpc) is 2.98. The van der Waals surface area contributed by atoms with Gasteiger partial charge in [-0.25, -0.2) is 8.42 Å². The molecule has 0 unspecified atom stereocenters. The summed E-state index contributed by atoms with van der Waals surface area (Å²) in [7, 11) is -3.94. The summed E-state index contributed by atoms with van der Waals surface area (Å²) in [5.74, 6) is -0.500. The zero-order valence-electron chi connectivity index (χ0n) is 17.8. The summed E-state index contributed by atoms with van der Waals surface area (Å²) < 4.78 is 33.9. The highest BCUT2D eigenvalue weighted by molar-refractivity contribution is 7.91. The van der Waals surface area contributed by atoms with Crippen LogP contribution in [0.5, 0.6) is 5.88 Å². The lowest BCUT2D eigenvalue weighted by atomic mass is 10.1. The Labute approximate surface area is 177 Å². The first-order valence-electron chi connectivity index (χ1n) is 9.79. The van der Waals surface area contributed by atoms with Crippen LogP contribution in [0.15, 0.2) is 58.3 Å². The molecule has 0 saturated carbocycles. The Hall–Kier alpha value is -2.93. The van der Waals surface area contributed by atoms with E-state index >= 15 is 0 Å². The quantitative estimate of drug-likeness (QED) is 0.539. The van der Waals surface area contributed by atoms with E-state index in [4.69, 9.17) is 4.74 Å². The van der Waals surface area contributed by atoms with E-state index in [2.05, 4.69) is 5.10 Å². The molecule has 0 amide bonds. The molecule has 1 heterocycles. The number of benzene rings is 2. The van der Waals surface area contributed by atoms with Crippen molar-refractivity contribution in [3.05, 3.63) is 65.4 Å². The molecular weight excluding hydrogens is 400 g/mol. The minimum absolute atomic E-state index is 0.0743. The first kappa shape index (κ1) is 21.8. The summed E-state index contributed by atoms with van der Waals surface area (Å²) in [6.07, 6.45) is 0.169. The van der Waals surface area contributed by atoms with Gasteiger partial charge in [-0.15, -0.1) is 0 Å². The predicted molar refractivity (Wildman–Crippen MR) is 115 cm³/mol. The summed E-state index contributed by atoms with van der Waals surface area (Å²) in [6, 6.07) is 13.8. The van der Waals surface area contributed by atoms with Gasteiger partial charge in [-0.1, -0.05) is 49.7 Å². The number of hydrogen-bond acceptors (Lipinski definition) is 5. The van der Waals surface area contributed by atoms with Crippen molar-refractivity contribution in [3.63, 3.8) is 0 Å². The van der Waals surface area contributed by atoms with Gasteiger partial charge in [-0.2, -0.15) is 9.78 Å². The molecule has 158 valence electrons. The highest BCUT2D eigenvalue weighted by Crippen LogP contribution is 2.35. The average molecular weight is 427 g/mol. The van der Waals surface area contributed by atoms with Crippen molar-refractivity contribution in [2.45, 2.75) is 50.8 Å².